The molecule has 0 amide bonds. The number of nitrogens with zero attached hydrogens (tertiary/aromatic N) is 3. The summed E-state index contributed by atoms with van der Waals surface area (Å²) >= 11 is 0. The van der Waals surface area contributed by atoms with Gasteiger partial charge in [0.2, 0.25) is 0 Å². The molecule has 1 unspecified atom stereocenters. The molecule has 2 aromatic carbocycles. The first-order valence-electron chi connectivity index (χ1n) is 9.03. The molecule has 2 heterocycles. The molecule has 4 rings (SSSR count). The van der Waals surface area contributed by atoms with Gasteiger partial charge in [0.25, 0.3) is 0 Å². The zero-order valence-electron chi connectivity index (χ0n) is 15.3. The summed E-state index contributed by atoms with van der Waals surface area (Å²) < 4.78 is 13.8. The van der Waals surface area contributed by atoms with Crippen molar-refractivity contribution in [3.63, 3.8) is 0 Å². The molecular formula is C22H21N3O2. The van der Waals surface area contributed by atoms with Gasteiger partial charge >= 0.3 is 0 Å². The standard InChI is InChI=1S/C22H21N3O2/c1-26-20-6-4-19(5-7-20)22(9-2-11-25-12-10-24-16-25)21-8-3-17(14-23)13-18(21)15-27-22/h3-8,10,12-13,16H,2,9,11,15H2,1H3. The molecule has 0 radical (unpaired) electrons. The number of rotatable bonds is 6. The molecule has 1 atom stereocenters. The normalized spacial score (nSPS) is 18.1. The Balaban J connectivity index is 1.69. The molecule has 3 aromatic rings. The minimum absolute atomic E-state index is 0.504. The van der Waals surface area contributed by atoms with Crippen molar-refractivity contribution in [2.45, 2.75) is 31.6 Å². The first-order valence-corrected chi connectivity index (χ1v) is 9.03. The van der Waals surface area contributed by atoms with E-state index < -0.39 is 5.60 Å². The van der Waals surface area contributed by atoms with Crippen molar-refractivity contribution in [2.75, 3.05) is 7.11 Å². The number of hydrogen-bond donors (Lipinski definition) is 0. The molecule has 0 spiro atoms. The Morgan fingerprint density at radius 1 is 1.26 bits per heavy atom. The topological polar surface area (TPSA) is 60.1 Å². The van der Waals surface area contributed by atoms with Crippen LogP contribution in [0.3, 0.4) is 0 Å². The SMILES string of the molecule is COc1ccc(C2(CCCn3ccnc3)OCc3cc(C#N)ccc32)cc1. The predicted molar refractivity (Wildman–Crippen MR) is 101 cm³/mol. The van der Waals surface area contributed by atoms with E-state index in [2.05, 4.69) is 27.8 Å². The number of methoxy groups -OCH3 is 1. The van der Waals surface area contributed by atoms with Gasteiger partial charge in [-0.25, -0.2) is 4.98 Å². The van der Waals surface area contributed by atoms with Gasteiger partial charge in [0, 0.05) is 18.9 Å². The number of nitriles is 1. The van der Waals surface area contributed by atoms with E-state index in [4.69, 9.17) is 9.47 Å². The van der Waals surface area contributed by atoms with Gasteiger partial charge in [-0.05, 0) is 53.8 Å². The van der Waals surface area contributed by atoms with E-state index in [9.17, 15) is 5.26 Å². The Hall–Kier alpha value is -3.10. The van der Waals surface area contributed by atoms with Crippen LogP contribution < -0.4 is 4.74 Å². The first kappa shape index (κ1) is 17.3. The number of ether oxygens (including phenoxy) is 2. The van der Waals surface area contributed by atoms with Gasteiger partial charge in [-0.2, -0.15) is 5.26 Å². The van der Waals surface area contributed by atoms with Gasteiger partial charge < -0.3 is 14.0 Å². The maximum atomic E-state index is 9.21. The third-order valence-electron chi connectivity index (χ3n) is 5.20. The van der Waals surface area contributed by atoms with E-state index in [0.29, 0.717) is 12.2 Å². The largest absolute Gasteiger partial charge is 0.497 e. The molecule has 0 saturated carbocycles. The molecule has 0 bridgehead atoms. The zero-order valence-corrected chi connectivity index (χ0v) is 15.3. The fraction of sp³-hybridized carbons (Fsp3) is 0.273. The van der Waals surface area contributed by atoms with Crippen molar-refractivity contribution in [2.24, 2.45) is 0 Å². The summed E-state index contributed by atoms with van der Waals surface area (Å²) in [5, 5.41) is 9.21. The van der Waals surface area contributed by atoms with Crippen LogP contribution in [0, 0.1) is 11.3 Å². The van der Waals surface area contributed by atoms with E-state index >= 15 is 0 Å². The molecule has 0 aliphatic carbocycles. The second kappa shape index (κ2) is 7.26. The molecule has 5 nitrogen and oxygen atoms in total. The monoisotopic (exact) mass is 359 g/mol. The van der Waals surface area contributed by atoms with Crippen molar-refractivity contribution >= 4 is 0 Å². The maximum Gasteiger partial charge on any atom is 0.119 e. The molecule has 0 N–H and O–H groups in total. The highest BCUT2D eigenvalue weighted by atomic mass is 16.5. The number of aryl methyl sites for hydroxylation is 1. The van der Waals surface area contributed by atoms with Gasteiger partial charge in [-0.15, -0.1) is 0 Å². The van der Waals surface area contributed by atoms with Crippen molar-refractivity contribution in [1.82, 2.24) is 9.55 Å². The highest BCUT2D eigenvalue weighted by Gasteiger charge is 2.41. The maximum absolute atomic E-state index is 9.21. The van der Waals surface area contributed by atoms with E-state index in [1.54, 1.807) is 13.3 Å². The average Bonchev–Trinajstić information content (AvgIpc) is 3.36. The number of benzene rings is 2. The second-order valence-corrected chi connectivity index (χ2v) is 6.73. The lowest BCUT2D eigenvalue weighted by Gasteiger charge is -2.31. The number of fused-ring (bicyclic) bond motifs is 1. The highest BCUT2D eigenvalue weighted by molar-refractivity contribution is 5.48. The molecule has 136 valence electrons. The zero-order chi connectivity index (χ0) is 18.7. The second-order valence-electron chi connectivity index (χ2n) is 6.73. The van der Waals surface area contributed by atoms with Gasteiger partial charge in [-0.3, -0.25) is 0 Å². The predicted octanol–water partition coefficient (Wildman–Crippen LogP) is 4.02. The van der Waals surface area contributed by atoms with Crippen LogP contribution in [0.4, 0.5) is 0 Å². The van der Waals surface area contributed by atoms with Crippen LogP contribution >= 0.6 is 0 Å². The third kappa shape index (κ3) is 3.20. The van der Waals surface area contributed by atoms with E-state index in [1.807, 2.05) is 42.9 Å². The van der Waals surface area contributed by atoms with Crippen molar-refractivity contribution in [3.8, 4) is 11.8 Å². The number of aromatic nitrogens is 2. The summed E-state index contributed by atoms with van der Waals surface area (Å²) in [7, 11) is 1.67. The molecule has 1 aliphatic rings. The lowest BCUT2D eigenvalue weighted by molar-refractivity contribution is -0.0137. The Morgan fingerprint density at radius 3 is 2.81 bits per heavy atom. The smallest absolute Gasteiger partial charge is 0.119 e. The Kier molecular flexibility index (Phi) is 4.66. The molecule has 5 heteroatoms. The minimum atomic E-state index is -0.504. The van der Waals surface area contributed by atoms with Crippen LogP contribution in [0.5, 0.6) is 5.75 Å². The summed E-state index contributed by atoms with van der Waals surface area (Å²) in [5.74, 6) is 0.824. The minimum Gasteiger partial charge on any atom is -0.497 e. The average molecular weight is 359 g/mol. The van der Waals surface area contributed by atoms with Crippen LogP contribution in [-0.4, -0.2) is 16.7 Å². The fourth-order valence-electron chi connectivity index (χ4n) is 3.84. The van der Waals surface area contributed by atoms with Crippen LogP contribution in [0.25, 0.3) is 0 Å². The van der Waals surface area contributed by atoms with Crippen LogP contribution in [-0.2, 0) is 23.5 Å². The fourth-order valence-corrected chi connectivity index (χ4v) is 3.84. The molecule has 27 heavy (non-hydrogen) atoms. The van der Waals surface area contributed by atoms with Crippen molar-refractivity contribution < 1.29 is 9.47 Å². The Morgan fingerprint density at radius 2 is 2.11 bits per heavy atom. The van der Waals surface area contributed by atoms with Gasteiger partial charge in [0.05, 0.1) is 31.7 Å². The number of imidazole rings is 1. The van der Waals surface area contributed by atoms with Crippen molar-refractivity contribution in [3.05, 3.63) is 83.4 Å². The van der Waals surface area contributed by atoms with Gasteiger partial charge in [0.15, 0.2) is 0 Å². The van der Waals surface area contributed by atoms with E-state index in [0.717, 1.165) is 41.8 Å². The Bertz CT molecular complexity index is 958. The molecule has 0 fully saturated rings. The van der Waals surface area contributed by atoms with Crippen LogP contribution in [0.1, 0.15) is 35.1 Å². The number of hydrogen-bond acceptors (Lipinski definition) is 4. The molecule has 1 aliphatic heterocycles. The first-order chi connectivity index (χ1) is 13.2. The third-order valence-corrected chi connectivity index (χ3v) is 5.20. The molecular weight excluding hydrogens is 338 g/mol. The van der Waals surface area contributed by atoms with Crippen LogP contribution in [0.2, 0.25) is 0 Å². The summed E-state index contributed by atoms with van der Waals surface area (Å²) in [5.41, 5.74) is 3.51. The summed E-state index contributed by atoms with van der Waals surface area (Å²) in [4.78, 5) is 4.11. The lowest BCUT2D eigenvalue weighted by atomic mass is 9.81. The Labute approximate surface area is 158 Å². The van der Waals surface area contributed by atoms with Gasteiger partial charge in [-0.1, -0.05) is 18.2 Å². The summed E-state index contributed by atoms with van der Waals surface area (Å²) in [6.07, 6.45) is 7.40. The molecule has 1 aromatic heterocycles. The van der Waals surface area contributed by atoms with E-state index in [-0.39, 0.29) is 0 Å². The molecule has 0 saturated heterocycles. The quantitative estimate of drug-likeness (QED) is 0.667. The van der Waals surface area contributed by atoms with Gasteiger partial charge in [0.1, 0.15) is 11.4 Å². The van der Waals surface area contributed by atoms with Crippen LogP contribution in [0.15, 0.2) is 61.2 Å². The summed E-state index contributed by atoms with van der Waals surface area (Å²) in [6, 6.07) is 16.2. The van der Waals surface area contributed by atoms with Crippen molar-refractivity contribution in [1.29, 1.82) is 5.26 Å². The summed E-state index contributed by atoms with van der Waals surface area (Å²) in [6.45, 7) is 1.40. The highest BCUT2D eigenvalue weighted by Crippen LogP contribution is 2.46. The van der Waals surface area contributed by atoms with E-state index in [1.165, 1.54) is 0 Å². The lowest BCUT2D eigenvalue weighted by Crippen LogP contribution is -2.27.